The van der Waals surface area contributed by atoms with E-state index in [9.17, 15) is 4.39 Å². The second kappa shape index (κ2) is 9.99. The smallest absolute Gasteiger partial charge is 0.175 e. The Bertz CT molecular complexity index is 959. The fourth-order valence-electron chi connectivity index (χ4n) is 2.82. The average molecular weight is 479 g/mol. The minimum atomic E-state index is -0.398. The van der Waals surface area contributed by atoms with Crippen LogP contribution in [0.15, 0.2) is 59.1 Å². The molecule has 0 radical (unpaired) electrons. The molecule has 6 heteroatoms. The van der Waals surface area contributed by atoms with Gasteiger partial charge in [0.05, 0.1) is 16.1 Å². The monoisotopic (exact) mass is 477 g/mol. The predicted molar refractivity (Wildman–Crippen MR) is 120 cm³/mol. The molecule has 29 heavy (non-hydrogen) atoms. The van der Waals surface area contributed by atoms with E-state index in [0.29, 0.717) is 35.2 Å². The lowest BCUT2D eigenvalue weighted by atomic mass is 10.1. The van der Waals surface area contributed by atoms with Crippen LogP contribution in [-0.4, -0.2) is 6.61 Å². The Balaban J connectivity index is 1.77. The van der Waals surface area contributed by atoms with Crippen molar-refractivity contribution in [2.24, 2.45) is 0 Å². The molecule has 0 aliphatic carbocycles. The number of rotatable bonds is 8. The van der Waals surface area contributed by atoms with Crippen molar-refractivity contribution in [2.75, 3.05) is 11.9 Å². The summed E-state index contributed by atoms with van der Waals surface area (Å²) in [4.78, 5) is 0. The van der Waals surface area contributed by atoms with E-state index in [4.69, 9.17) is 21.1 Å². The van der Waals surface area contributed by atoms with Crippen molar-refractivity contribution in [1.29, 1.82) is 0 Å². The van der Waals surface area contributed by atoms with E-state index in [1.807, 2.05) is 31.2 Å². The van der Waals surface area contributed by atoms with Gasteiger partial charge in [0.15, 0.2) is 11.5 Å². The van der Waals surface area contributed by atoms with Gasteiger partial charge in [0.1, 0.15) is 12.4 Å². The van der Waals surface area contributed by atoms with Crippen LogP contribution < -0.4 is 14.8 Å². The van der Waals surface area contributed by atoms with Crippen LogP contribution >= 0.6 is 27.5 Å². The molecule has 3 aromatic rings. The van der Waals surface area contributed by atoms with Crippen LogP contribution in [0.25, 0.3) is 0 Å². The first-order chi connectivity index (χ1) is 14.0. The number of benzene rings is 3. The quantitative estimate of drug-likeness (QED) is 0.373. The van der Waals surface area contributed by atoms with Crippen molar-refractivity contribution < 1.29 is 13.9 Å². The van der Waals surface area contributed by atoms with Gasteiger partial charge >= 0.3 is 0 Å². The first kappa shape index (κ1) is 21.5. The third-order valence-electron chi connectivity index (χ3n) is 4.34. The van der Waals surface area contributed by atoms with Crippen molar-refractivity contribution in [3.63, 3.8) is 0 Å². The Kier molecular flexibility index (Phi) is 7.40. The molecule has 0 atom stereocenters. The molecule has 0 saturated heterocycles. The van der Waals surface area contributed by atoms with E-state index < -0.39 is 5.82 Å². The fraction of sp³-hybridized carbons (Fsp3) is 0.217. The highest BCUT2D eigenvalue weighted by atomic mass is 79.9. The third kappa shape index (κ3) is 5.64. The highest BCUT2D eigenvalue weighted by Gasteiger charge is 2.15. The molecule has 0 unspecified atom stereocenters. The molecule has 3 nitrogen and oxygen atoms in total. The SMILES string of the molecule is CCOc1cc(CNc2ccc(C)cc2)cc(Br)c1OCc1c(F)cccc1Cl. The molecule has 152 valence electrons. The highest BCUT2D eigenvalue weighted by molar-refractivity contribution is 9.10. The summed E-state index contributed by atoms with van der Waals surface area (Å²) in [7, 11) is 0. The van der Waals surface area contributed by atoms with Gasteiger partial charge in [-0.2, -0.15) is 0 Å². The van der Waals surface area contributed by atoms with Crippen molar-refractivity contribution in [2.45, 2.75) is 27.0 Å². The summed E-state index contributed by atoms with van der Waals surface area (Å²) in [5.41, 5.74) is 3.60. The van der Waals surface area contributed by atoms with Crippen molar-refractivity contribution >= 4 is 33.2 Å². The second-order valence-electron chi connectivity index (χ2n) is 6.55. The Morgan fingerprint density at radius 3 is 2.52 bits per heavy atom. The minimum absolute atomic E-state index is 0.00510. The molecule has 0 amide bonds. The van der Waals surface area contributed by atoms with Crippen LogP contribution in [0.4, 0.5) is 10.1 Å². The fourth-order valence-corrected chi connectivity index (χ4v) is 3.64. The number of hydrogen-bond acceptors (Lipinski definition) is 3. The maximum Gasteiger partial charge on any atom is 0.175 e. The molecule has 3 aromatic carbocycles. The molecule has 0 bridgehead atoms. The number of hydrogen-bond donors (Lipinski definition) is 1. The van der Waals surface area contributed by atoms with E-state index in [1.165, 1.54) is 11.6 Å². The lowest BCUT2D eigenvalue weighted by Gasteiger charge is -2.17. The Hall–Kier alpha value is -2.24. The van der Waals surface area contributed by atoms with Crippen LogP contribution in [-0.2, 0) is 13.2 Å². The maximum absolute atomic E-state index is 14.0. The van der Waals surface area contributed by atoms with E-state index in [0.717, 1.165) is 15.7 Å². The Labute approximate surface area is 183 Å². The van der Waals surface area contributed by atoms with Crippen LogP contribution in [0, 0.1) is 12.7 Å². The minimum Gasteiger partial charge on any atom is -0.490 e. The molecule has 0 aromatic heterocycles. The highest BCUT2D eigenvalue weighted by Crippen LogP contribution is 2.38. The normalized spacial score (nSPS) is 10.7. The number of nitrogens with one attached hydrogen (secondary N) is 1. The Morgan fingerprint density at radius 2 is 1.83 bits per heavy atom. The molecule has 0 fully saturated rings. The van der Waals surface area contributed by atoms with E-state index in [1.54, 1.807) is 12.1 Å². The summed E-state index contributed by atoms with van der Waals surface area (Å²) < 4.78 is 26.4. The van der Waals surface area contributed by atoms with Gasteiger partial charge in [-0.15, -0.1) is 0 Å². The van der Waals surface area contributed by atoms with Gasteiger partial charge in [-0.1, -0.05) is 35.4 Å². The van der Waals surface area contributed by atoms with Gasteiger partial charge in [-0.05, 0) is 71.7 Å². The summed E-state index contributed by atoms with van der Waals surface area (Å²) in [6.07, 6.45) is 0. The number of anilines is 1. The zero-order valence-electron chi connectivity index (χ0n) is 16.3. The number of aryl methyl sites for hydroxylation is 1. The largest absolute Gasteiger partial charge is 0.490 e. The number of ether oxygens (including phenoxy) is 2. The second-order valence-corrected chi connectivity index (χ2v) is 7.81. The first-order valence-electron chi connectivity index (χ1n) is 9.29. The van der Waals surface area contributed by atoms with Gasteiger partial charge in [0, 0.05) is 17.8 Å². The van der Waals surface area contributed by atoms with Gasteiger partial charge in [0.25, 0.3) is 0 Å². The van der Waals surface area contributed by atoms with Crippen LogP contribution in [0.3, 0.4) is 0 Å². The van der Waals surface area contributed by atoms with Gasteiger partial charge in [-0.3, -0.25) is 0 Å². The topological polar surface area (TPSA) is 30.5 Å². The molecule has 0 aliphatic rings. The molecular formula is C23H22BrClFNO2. The summed E-state index contributed by atoms with van der Waals surface area (Å²) in [5, 5.41) is 3.72. The summed E-state index contributed by atoms with van der Waals surface area (Å²) >= 11 is 9.65. The predicted octanol–water partition coefficient (Wildman–Crippen LogP) is 7.14. The van der Waals surface area contributed by atoms with Crippen LogP contribution in [0.1, 0.15) is 23.6 Å². The maximum atomic E-state index is 14.0. The first-order valence-corrected chi connectivity index (χ1v) is 10.5. The van der Waals surface area contributed by atoms with Crippen molar-refractivity contribution in [1.82, 2.24) is 0 Å². The molecule has 3 rings (SSSR count). The Morgan fingerprint density at radius 1 is 1.07 bits per heavy atom. The average Bonchev–Trinajstić information content (AvgIpc) is 2.69. The molecule has 0 heterocycles. The van der Waals surface area contributed by atoms with Crippen LogP contribution in [0.2, 0.25) is 5.02 Å². The molecular weight excluding hydrogens is 457 g/mol. The lowest BCUT2D eigenvalue weighted by Crippen LogP contribution is -2.05. The summed E-state index contributed by atoms with van der Waals surface area (Å²) in [6, 6.07) is 16.7. The van der Waals surface area contributed by atoms with Crippen molar-refractivity contribution in [3.8, 4) is 11.5 Å². The summed E-state index contributed by atoms with van der Waals surface area (Å²) in [5.74, 6) is 0.714. The van der Waals surface area contributed by atoms with Crippen LogP contribution in [0.5, 0.6) is 11.5 Å². The summed E-state index contributed by atoms with van der Waals surface area (Å²) in [6.45, 7) is 5.08. The van der Waals surface area contributed by atoms with E-state index in [2.05, 4.69) is 40.3 Å². The number of halogens is 3. The standard InChI is InChI=1S/C23H22BrClFNO2/c1-3-28-22-12-16(13-27-17-9-7-15(2)8-10-17)11-19(24)23(22)29-14-18-20(25)5-4-6-21(18)26/h4-12,27H,3,13-14H2,1-2H3. The van der Waals surface area contributed by atoms with Gasteiger partial charge in [0.2, 0.25) is 0 Å². The van der Waals surface area contributed by atoms with E-state index >= 15 is 0 Å². The third-order valence-corrected chi connectivity index (χ3v) is 5.28. The molecule has 0 aliphatic heterocycles. The molecule has 1 N–H and O–H groups in total. The van der Waals surface area contributed by atoms with Gasteiger partial charge in [-0.25, -0.2) is 4.39 Å². The zero-order chi connectivity index (χ0) is 20.8. The van der Waals surface area contributed by atoms with Gasteiger partial charge < -0.3 is 14.8 Å². The lowest BCUT2D eigenvalue weighted by molar-refractivity contribution is 0.264. The van der Waals surface area contributed by atoms with E-state index in [-0.39, 0.29) is 6.61 Å². The molecule has 0 spiro atoms. The zero-order valence-corrected chi connectivity index (χ0v) is 18.6. The molecule has 0 saturated carbocycles. The van der Waals surface area contributed by atoms with Crippen molar-refractivity contribution in [3.05, 3.63) is 86.6 Å².